The highest BCUT2D eigenvalue weighted by Crippen LogP contribution is 2.38. The summed E-state index contributed by atoms with van der Waals surface area (Å²) in [5.74, 6) is -0.223. The Balaban J connectivity index is 1.61. The molecule has 0 unspecified atom stereocenters. The van der Waals surface area contributed by atoms with Crippen molar-refractivity contribution in [3.63, 3.8) is 0 Å². The van der Waals surface area contributed by atoms with E-state index in [0.717, 1.165) is 22.6 Å². The van der Waals surface area contributed by atoms with Gasteiger partial charge in [-0.3, -0.25) is 9.59 Å². The Hall–Kier alpha value is -2.57. The molecule has 1 aliphatic rings. The van der Waals surface area contributed by atoms with Gasteiger partial charge < -0.3 is 15.4 Å². The van der Waals surface area contributed by atoms with Crippen molar-refractivity contribution in [1.29, 1.82) is 0 Å². The van der Waals surface area contributed by atoms with E-state index < -0.39 is 0 Å². The van der Waals surface area contributed by atoms with E-state index in [4.69, 9.17) is 4.74 Å². The second-order valence-corrected chi connectivity index (χ2v) is 7.07. The molecule has 0 aliphatic carbocycles. The number of hydrogen-bond acceptors (Lipinski definition) is 4. The van der Waals surface area contributed by atoms with Gasteiger partial charge in [-0.25, -0.2) is 0 Å². The first-order chi connectivity index (χ1) is 13.2. The number of benzene rings is 2. The first kappa shape index (κ1) is 19.2. The molecule has 0 fully saturated rings. The first-order valence-electron chi connectivity index (χ1n) is 8.93. The lowest BCUT2D eigenvalue weighted by molar-refractivity contribution is -0.112. The summed E-state index contributed by atoms with van der Waals surface area (Å²) in [5, 5.41) is 5.77. The van der Waals surface area contributed by atoms with Crippen LogP contribution in [0.1, 0.15) is 29.3 Å². The van der Waals surface area contributed by atoms with Crippen LogP contribution in [-0.2, 0) is 9.53 Å². The summed E-state index contributed by atoms with van der Waals surface area (Å²) in [4.78, 5) is 26.0. The predicted octanol–water partition coefficient (Wildman–Crippen LogP) is 3.93. The number of anilines is 1. The smallest absolute Gasteiger partial charge is 0.262 e. The monoisotopic (exact) mass is 382 g/mol. The minimum Gasteiger partial charge on any atom is -0.382 e. The summed E-state index contributed by atoms with van der Waals surface area (Å²) in [5.41, 5.74) is 2.31. The van der Waals surface area contributed by atoms with Crippen molar-refractivity contribution in [2.24, 2.45) is 0 Å². The van der Waals surface area contributed by atoms with Gasteiger partial charge in [-0.2, -0.15) is 0 Å². The number of rotatable bonds is 7. The summed E-state index contributed by atoms with van der Waals surface area (Å²) < 4.78 is 5.25. The van der Waals surface area contributed by atoms with Crippen molar-refractivity contribution >= 4 is 35.3 Å². The van der Waals surface area contributed by atoms with Crippen molar-refractivity contribution in [2.75, 3.05) is 25.1 Å². The van der Waals surface area contributed by atoms with Crippen LogP contribution in [0.25, 0.3) is 6.08 Å². The molecule has 5 nitrogen and oxygen atoms in total. The van der Waals surface area contributed by atoms with Crippen molar-refractivity contribution in [1.82, 2.24) is 5.32 Å². The Kier molecular flexibility index (Phi) is 6.68. The third-order valence-electron chi connectivity index (χ3n) is 4.00. The molecule has 140 valence electrons. The Labute approximate surface area is 163 Å². The van der Waals surface area contributed by atoms with Crippen LogP contribution < -0.4 is 10.6 Å². The molecule has 0 atom stereocenters. The van der Waals surface area contributed by atoms with Crippen molar-refractivity contribution in [3.8, 4) is 0 Å². The number of ether oxygens (including phenoxy) is 1. The molecular formula is C21H22N2O3S. The molecular weight excluding hydrogens is 360 g/mol. The number of para-hydroxylation sites is 1. The minimum atomic E-state index is -0.116. The topological polar surface area (TPSA) is 67.4 Å². The van der Waals surface area contributed by atoms with Gasteiger partial charge in [0.2, 0.25) is 0 Å². The second kappa shape index (κ2) is 9.39. The molecule has 1 aliphatic heterocycles. The van der Waals surface area contributed by atoms with E-state index in [1.807, 2.05) is 49.4 Å². The van der Waals surface area contributed by atoms with Crippen molar-refractivity contribution in [2.45, 2.75) is 18.2 Å². The summed E-state index contributed by atoms with van der Waals surface area (Å²) >= 11 is 1.45. The lowest BCUT2D eigenvalue weighted by Crippen LogP contribution is -2.25. The van der Waals surface area contributed by atoms with E-state index in [2.05, 4.69) is 10.6 Å². The number of hydrogen-bond donors (Lipinski definition) is 2. The highest BCUT2D eigenvalue weighted by molar-refractivity contribution is 8.04. The fourth-order valence-corrected chi connectivity index (χ4v) is 3.56. The average Bonchev–Trinajstić information content (AvgIpc) is 2.69. The number of fused-ring (bicyclic) bond motifs is 1. The number of carbonyl (C=O) groups is 2. The van der Waals surface area contributed by atoms with E-state index in [0.29, 0.717) is 30.2 Å². The zero-order valence-corrected chi connectivity index (χ0v) is 16.0. The van der Waals surface area contributed by atoms with E-state index >= 15 is 0 Å². The lowest BCUT2D eigenvalue weighted by Gasteiger charge is -2.18. The van der Waals surface area contributed by atoms with Gasteiger partial charge in [-0.05, 0) is 49.2 Å². The van der Waals surface area contributed by atoms with Crippen molar-refractivity contribution < 1.29 is 14.3 Å². The molecule has 2 amide bonds. The molecule has 1 heterocycles. The average molecular weight is 382 g/mol. The summed E-state index contributed by atoms with van der Waals surface area (Å²) in [7, 11) is 0. The third kappa shape index (κ3) is 5.21. The van der Waals surface area contributed by atoms with Crippen LogP contribution in [0.15, 0.2) is 58.3 Å². The van der Waals surface area contributed by atoms with E-state index in [1.165, 1.54) is 11.8 Å². The maximum Gasteiger partial charge on any atom is 0.262 e. The minimum absolute atomic E-state index is 0.107. The van der Waals surface area contributed by atoms with Gasteiger partial charge in [0.15, 0.2) is 0 Å². The highest BCUT2D eigenvalue weighted by Gasteiger charge is 2.20. The van der Waals surface area contributed by atoms with Crippen molar-refractivity contribution in [3.05, 3.63) is 64.6 Å². The van der Waals surface area contributed by atoms with E-state index in [-0.39, 0.29) is 11.8 Å². The van der Waals surface area contributed by atoms with E-state index in [9.17, 15) is 9.59 Å². The normalized spacial score (nSPS) is 14.6. The standard InChI is InChI=1S/C21H22N2O3S/c1-2-26-13-5-12-22-20(24)16-10-8-15(9-11-16)14-19-21(25)23-17-6-3-4-7-18(17)27-19/h3-4,6-11,14H,2,5,12-13H2,1H3,(H,22,24)(H,23,25). The van der Waals surface area contributed by atoms with Crippen LogP contribution in [0.2, 0.25) is 0 Å². The molecule has 2 aromatic rings. The molecule has 0 saturated carbocycles. The second-order valence-electron chi connectivity index (χ2n) is 5.99. The summed E-state index contributed by atoms with van der Waals surface area (Å²) in [6.07, 6.45) is 2.62. The Morgan fingerprint density at radius 3 is 2.74 bits per heavy atom. The number of nitrogens with one attached hydrogen (secondary N) is 2. The molecule has 0 saturated heterocycles. The fourth-order valence-electron chi connectivity index (χ4n) is 2.61. The first-order valence-corrected chi connectivity index (χ1v) is 9.75. The summed E-state index contributed by atoms with van der Waals surface area (Å²) in [6, 6.07) is 14.9. The van der Waals surface area contributed by atoms with Gasteiger partial charge in [0, 0.05) is 30.2 Å². The predicted molar refractivity (Wildman–Crippen MR) is 109 cm³/mol. The van der Waals surface area contributed by atoms with Gasteiger partial charge in [-0.15, -0.1) is 0 Å². The number of thioether (sulfide) groups is 1. The van der Waals surface area contributed by atoms with Crippen LogP contribution in [0, 0.1) is 0 Å². The Bertz CT molecular complexity index is 847. The van der Waals surface area contributed by atoms with E-state index in [1.54, 1.807) is 12.1 Å². The van der Waals surface area contributed by atoms with Crippen LogP contribution in [0.3, 0.4) is 0 Å². The van der Waals surface area contributed by atoms with Crippen LogP contribution >= 0.6 is 11.8 Å². The molecule has 2 aromatic carbocycles. The maximum atomic E-state index is 12.3. The lowest BCUT2D eigenvalue weighted by atomic mass is 10.1. The van der Waals surface area contributed by atoms with Gasteiger partial charge in [-0.1, -0.05) is 36.0 Å². The van der Waals surface area contributed by atoms with Crippen LogP contribution in [0.5, 0.6) is 0 Å². The van der Waals surface area contributed by atoms with Crippen LogP contribution in [-0.4, -0.2) is 31.6 Å². The molecule has 3 rings (SSSR count). The van der Waals surface area contributed by atoms with Crippen LogP contribution in [0.4, 0.5) is 5.69 Å². The SMILES string of the molecule is CCOCCCNC(=O)c1ccc(C=C2Sc3ccccc3NC2=O)cc1. The molecule has 0 aromatic heterocycles. The summed E-state index contributed by atoms with van der Waals surface area (Å²) in [6.45, 7) is 3.86. The third-order valence-corrected chi connectivity index (χ3v) is 5.10. The quantitative estimate of drug-likeness (QED) is 0.562. The zero-order chi connectivity index (χ0) is 19.1. The van der Waals surface area contributed by atoms with Gasteiger partial charge >= 0.3 is 0 Å². The number of carbonyl (C=O) groups excluding carboxylic acids is 2. The molecule has 6 heteroatoms. The van der Waals surface area contributed by atoms with Gasteiger partial charge in [0.25, 0.3) is 11.8 Å². The largest absolute Gasteiger partial charge is 0.382 e. The Morgan fingerprint density at radius 2 is 1.96 bits per heavy atom. The molecule has 0 radical (unpaired) electrons. The number of amides is 2. The molecule has 0 spiro atoms. The highest BCUT2D eigenvalue weighted by atomic mass is 32.2. The molecule has 27 heavy (non-hydrogen) atoms. The maximum absolute atomic E-state index is 12.3. The zero-order valence-electron chi connectivity index (χ0n) is 15.2. The fraction of sp³-hybridized carbons (Fsp3) is 0.238. The van der Waals surface area contributed by atoms with Gasteiger partial charge in [0.1, 0.15) is 0 Å². The molecule has 2 N–H and O–H groups in total. The Morgan fingerprint density at radius 1 is 1.19 bits per heavy atom. The molecule has 0 bridgehead atoms. The van der Waals surface area contributed by atoms with Gasteiger partial charge in [0.05, 0.1) is 10.6 Å².